The SMILES string of the molecule is CCC1CN(C2CCN(C(=O)CN3C(=O)COc4ccccc43)CC2)C(=O)O1. The van der Waals surface area contributed by atoms with E-state index in [0.29, 0.717) is 31.1 Å². The maximum atomic E-state index is 12.8. The summed E-state index contributed by atoms with van der Waals surface area (Å²) in [7, 11) is 0. The molecule has 28 heavy (non-hydrogen) atoms. The quantitative estimate of drug-likeness (QED) is 0.785. The highest BCUT2D eigenvalue weighted by Crippen LogP contribution is 2.31. The minimum Gasteiger partial charge on any atom is -0.482 e. The lowest BCUT2D eigenvalue weighted by atomic mass is 10.0. The third-order valence-electron chi connectivity index (χ3n) is 5.72. The van der Waals surface area contributed by atoms with Crippen LogP contribution in [0.4, 0.5) is 10.5 Å². The summed E-state index contributed by atoms with van der Waals surface area (Å²) in [6.07, 6.45) is 2.00. The minimum atomic E-state index is -0.243. The highest BCUT2D eigenvalue weighted by Gasteiger charge is 2.37. The zero-order valence-electron chi connectivity index (χ0n) is 16.0. The van der Waals surface area contributed by atoms with Crippen LogP contribution >= 0.6 is 0 Å². The topological polar surface area (TPSA) is 79.4 Å². The van der Waals surface area contributed by atoms with E-state index >= 15 is 0 Å². The highest BCUT2D eigenvalue weighted by atomic mass is 16.6. The summed E-state index contributed by atoms with van der Waals surface area (Å²) in [6, 6.07) is 7.35. The largest absolute Gasteiger partial charge is 0.482 e. The van der Waals surface area contributed by atoms with Gasteiger partial charge in [-0.3, -0.25) is 14.5 Å². The Morgan fingerprint density at radius 1 is 1.18 bits per heavy atom. The summed E-state index contributed by atoms with van der Waals surface area (Å²) in [4.78, 5) is 42.2. The van der Waals surface area contributed by atoms with Crippen molar-refractivity contribution < 1.29 is 23.9 Å². The summed E-state index contributed by atoms with van der Waals surface area (Å²) in [5.74, 6) is 0.318. The molecular weight excluding hydrogens is 362 g/mol. The third-order valence-corrected chi connectivity index (χ3v) is 5.72. The monoisotopic (exact) mass is 387 g/mol. The Kier molecular flexibility index (Phi) is 5.11. The van der Waals surface area contributed by atoms with Gasteiger partial charge in [0.15, 0.2) is 6.61 Å². The maximum Gasteiger partial charge on any atom is 0.410 e. The normalized spacial score (nSPS) is 22.8. The molecule has 1 aromatic carbocycles. The number of likely N-dealkylation sites (tertiary alicyclic amines) is 1. The predicted molar refractivity (Wildman–Crippen MR) is 101 cm³/mol. The molecule has 4 rings (SSSR count). The summed E-state index contributed by atoms with van der Waals surface area (Å²) in [5, 5.41) is 0. The fourth-order valence-electron chi connectivity index (χ4n) is 4.04. The van der Waals surface area contributed by atoms with Crippen LogP contribution in [0.3, 0.4) is 0 Å². The number of cyclic esters (lactones) is 1. The van der Waals surface area contributed by atoms with Crippen LogP contribution in [0.2, 0.25) is 0 Å². The van der Waals surface area contributed by atoms with Crippen LogP contribution in [0.25, 0.3) is 0 Å². The Morgan fingerprint density at radius 2 is 1.93 bits per heavy atom. The Morgan fingerprint density at radius 3 is 2.64 bits per heavy atom. The van der Waals surface area contributed by atoms with E-state index in [2.05, 4.69) is 0 Å². The van der Waals surface area contributed by atoms with Crippen LogP contribution < -0.4 is 9.64 Å². The molecule has 2 saturated heterocycles. The second kappa shape index (κ2) is 7.69. The number of ether oxygens (including phenoxy) is 2. The molecule has 8 nitrogen and oxygen atoms in total. The number of fused-ring (bicyclic) bond motifs is 1. The first-order valence-electron chi connectivity index (χ1n) is 9.84. The first-order valence-corrected chi connectivity index (χ1v) is 9.84. The van der Waals surface area contributed by atoms with E-state index in [1.165, 1.54) is 4.90 Å². The lowest BCUT2D eigenvalue weighted by Crippen LogP contribution is -2.51. The number of amides is 3. The van der Waals surface area contributed by atoms with E-state index < -0.39 is 0 Å². The van der Waals surface area contributed by atoms with Crippen LogP contribution in [0.15, 0.2) is 24.3 Å². The van der Waals surface area contributed by atoms with E-state index in [1.807, 2.05) is 19.1 Å². The molecule has 3 aliphatic heterocycles. The average molecular weight is 387 g/mol. The number of para-hydroxylation sites is 2. The lowest BCUT2D eigenvalue weighted by molar-refractivity contribution is -0.133. The van der Waals surface area contributed by atoms with E-state index in [-0.39, 0.29) is 43.2 Å². The van der Waals surface area contributed by atoms with Crippen molar-refractivity contribution in [2.24, 2.45) is 0 Å². The molecule has 0 aliphatic carbocycles. The summed E-state index contributed by atoms with van der Waals surface area (Å²) < 4.78 is 10.8. The van der Waals surface area contributed by atoms with Crippen LogP contribution in [0, 0.1) is 0 Å². The number of benzene rings is 1. The van der Waals surface area contributed by atoms with Gasteiger partial charge >= 0.3 is 6.09 Å². The van der Waals surface area contributed by atoms with Gasteiger partial charge in [-0.2, -0.15) is 0 Å². The fraction of sp³-hybridized carbons (Fsp3) is 0.550. The standard InChI is InChI=1S/C20H25N3O5/c1-2-15-11-22(20(26)28-15)14-7-9-21(10-8-14)18(24)12-23-16-5-3-4-6-17(16)27-13-19(23)25/h3-6,14-15H,2,7-13H2,1H3. The Bertz CT molecular complexity index is 775. The average Bonchev–Trinajstić information content (AvgIpc) is 3.11. The van der Waals surface area contributed by atoms with Gasteiger partial charge in [-0.05, 0) is 31.4 Å². The van der Waals surface area contributed by atoms with Crippen molar-refractivity contribution in [3.63, 3.8) is 0 Å². The van der Waals surface area contributed by atoms with Gasteiger partial charge in [0.25, 0.3) is 5.91 Å². The molecule has 1 aromatic rings. The van der Waals surface area contributed by atoms with Crippen molar-refractivity contribution in [2.45, 2.75) is 38.3 Å². The van der Waals surface area contributed by atoms with E-state index in [0.717, 1.165) is 19.3 Å². The van der Waals surface area contributed by atoms with Gasteiger partial charge in [-0.15, -0.1) is 0 Å². The molecule has 1 unspecified atom stereocenters. The van der Waals surface area contributed by atoms with Gasteiger partial charge in [-0.25, -0.2) is 4.79 Å². The number of carbonyl (C=O) groups is 3. The molecule has 1 atom stereocenters. The molecule has 3 heterocycles. The van der Waals surface area contributed by atoms with Crippen molar-refractivity contribution in [3.05, 3.63) is 24.3 Å². The molecule has 0 spiro atoms. The summed E-state index contributed by atoms with van der Waals surface area (Å²) in [5.41, 5.74) is 0.632. The number of hydrogen-bond acceptors (Lipinski definition) is 5. The molecule has 0 bridgehead atoms. The first kappa shape index (κ1) is 18.6. The second-order valence-corrected chi connectivity index (χ2v) is 7.41. The van der Waals surface area contributed by atoms with Crippen molar-refractivity contribution in [1.82, 2.24) is 9.80 Å². The van der Waals surface area contributed by atoms with Crippen LogP contribution in [-0.4, -0.2) is 72.6 Å². The van der Waals surface area contributed by atoms with Crippen molar-refractivity contribution in [2.75, 3.05) is 37.7 Å². The number of rotatable bonds is 4. The lowest BCUT2D eigenvalue weighted by Gasteiger charge is -2.37. The fourth-order valence-corrected chi connectivity index (χ4v) is 4.04. The smallest absolute Gasteiger partial charge is 0.410 e. The Hall–Kier alpha value is -2.77. The van der Waals surface area contributed by atoms with Crippen molar-refractivity contribution >= 4 is 23.6 Å². The van der Waals surface area contributed by atoms with E-state index in [1.54, 1.807) is 21.9 Å². The molecule has 0 saturated carbocycles. The van der Waals surface area contributed by atoms with Crippen LogP contribution in [0.1, 0.15) is 26.2 Å². The molecule has 3 aliphatic rings. The molecule has 8 heteroatoms. The van der Waals surface area contributed by atoms with Crippen molar-refractivity contribution in [3.8, 4) is 5.75 Å². The summed E-state index contributed by atoms with van der Waals surface area (Å²) in [6.45, 7) is 3.74. The van der Waals surface area contributed by atoms with E-state index in [9.17, 15) is 14.4 Å². The first-order chi connectivity index (χ1) is 13.6. The molecule has 0 N–H and O–H groups in total. The zero-order chi connectivity index (χ0) is 19.7. The highest BCUT2D eigenvalue weighted by molar-refractivity contribution is 6.02. The van der Waals surface area contributed by atoms with Gasteiger partial charge in [0, 0.05) is 19.1 Å². The molecular formula is C20H25N3O5. The molecule has 150 valence electrons. The Labute approximate surface area is 164 Å². The van der Waals surface area contributed by atoms with Gasteiger partial charge < -0.3 is 19.3 Å². The number of anilines is 1. The maximum absolute atomic E-state index is 12.8. The third kappa shape index (κ3) is 3.50. The molecule has 2 fully saturated rings. The van der Waals surface area contributed by atoms with Crippen LogP contribution in [0.5, 0.6) is 5.75 Å². The predicted octanol–water partition coefficient (Wildman–Crippen LogP) is 1.63. The summed E-state index contributed by atoms with van der Waals surface area (Å²) >= 11 is 0. The number of nitrogens with zero attached hydrogens (tertiary/aromatic N) is 3. The number of carbonyl (C=O) groups excluding carboxylic acids is 3. The van der Waals surface area contributed by atoms with Crippen molar-refractivity contribution in [1.29, 1.82) is 0 Å². The van der Waals surface area contributed by atoms with Gasteiger partial charge in [-0.1, -0.05) is 19.1 Å². The molecule has 0 radical (unpaired) electrons. The second-order valence-electron chi connectivity index (χ2n) is 7.41. The molecule has 0 aromatic heterocycles. The van der Waals surface area contributed by atoms with Gasteiger partial charge in [0.1, 0.15) is 18.4 Å². The van der Waals surface area contributed by atoms with Gasteiger partial charge in [0.05, 0.1) is 12.2 Å². The number of piperidine rings is 1. The van der Waals surface area contributed by atoms with Gasteiger partial charge in [0.2, 0.25) is 5.91 Å². The zero-order valence-corrected chi connectivity index (χ0v) is 16.0. The Balaban J connectivity index is 1.35. The van der Waals surface area contributed by atoms with Crippen LogP contribution in [-0.2, 0) is 14.3 Å². The molecule has 3 amide bonds. The van der Waals surface area contributed by atoms with E-state index in [4.69, 9.17) is 9.47 Å². The number of hydrogen-bond donors (Lipinski definition) is 0. The minimum absolute atomic E-state index is 0.00748.